The summed E-state index contributed by atoms with van der Waals surface area (Å²) in [7, 11) is -4.76. The molecule has 0 aromatic rings. The molecule has 0 aromatic heterocycles. The lowest BCUT2D eigenvalue weighted by Crippen LogP contribution is -2.30. The molecule has 12 heteroatoms. The molecule has 3 atom stereocenters. The monoisotopic (exact) mass is 1170 g/mol. The smallest absolute Gasteiger partial charge is 0.462 e. The van der Waals surface area contributed by atoms with Gasteiger partial charge in [0.05, 0.1) is 19.8 Å². The molecule has 0 aliphatic rings. The summed E-state index contributed by atoms with van der Waals surface area (Å²) in [6.45, 7) is 4.53. The highest BCUT2D eigenvalue weighted by molar-refractivity contribution is 7.47. The first-order valence-electron chi connectivity index (χ1n) is 33.5. The number of esters is 3. The van der Waals surface area contributed by atoms with Gasteiger partial charge >= 0.3 is 25.7 Å². The fourth-order valence-corrected chi connectivity index (χ4v) is 10.0. The van der Waals surface area contributed by atoms with Crippen LogP contribution in [0.3, 0.4) is 0 Å². The molecule has 0 radical (unpaired) electrons. The summed E-state index contributed by atoms with van der Waals surface area (Å²) >= 11 is 0. The van der Waals surface area contributed by atoms with E-state index in [4.69, 9.17) is 23.3 Å². The maximum Gasteiger partial charge on any atom is 0.472 e. The van der Waals surface area contributed by atoms with Gasteiger partial charge in [-0.3, -0.25) is 23.4 Å². The largest absolute Gasteiger partial charge is 0.472 e. The average molecular weight is 1170 g/mol. The molecule has 0 bridgehead atoms. The lowest BCUT2D eigenvalue weighted by molar-refractivity contribution is -0.161. The number of aliphatic hydroxyl groups excluding tert-OH is 1. The van der Waals surface area contributed by atoms with Gasteiger partial charge in [0.15, 0.2) is 6.10 Å². The number of unbranched alkanes of at least 4 members (excludes halogenated alkanes) is 31. The molecule has 0 saturated carbocycles. The van der Waals surface area contributed by atoms with Crippen molar-refractivity contribution in [3.63, 3.8) is 0 Å². The van der Waals surface area contributed by atoms with Gasteiger partial charge in [-0.1, -0.05) is 273 Å². The van der Waals surface area contributed by atoms with Crippen molar-refractivity contribution >= 4 is 25.7 Å². The van der Waals surface area contributed by atoms with Gasteiger partial charge in [-0.15, -0.1) is 0 Å². The predicted molar refractivity (Wildman–Crippen MR) is 344 cm³/mol. The summed E-state index contributed by atoms with van der Waals surface area (Å²) < 4.78 is 39.7. The molecule has 0 aromatic carbocycles. The van der Waals surface area contributed by atoms with Crippen molar-refractivity contribution in [2.45, 2.75) is 315 Å². The standard InChI is InChI=1S/C70H123O11P/c1-4-7-10-13-16-19-22-25-28-31-33-36-38-41-44-47-50-53-56-59-68(72)77-63-67(81-70(74)61-58-55-52-49-46-43-40-37-34-32-29-26-23-20-17-14-11-8-5-2)65-79-82(75,76)78-64-66(62-71)80-69(73)60-57-54-51-48-45-42-39-35-30-27-24-21-18-15-12-9-6-3/h7,10,16-17,19-20,25-26,28-29,33-34,36-37,66-67,71H,4-6,8-9,11-15,18,21-24,27,30-32,35,38-65H2,1-3H3,(H,75,76)/b10-7-,19-16-,20-17-,28-25-,29-26-,36-33-,37-34-. The molecule has 82 heavy (non-hydrogen) atoms. The maximum absolute atomic E-state index is 13.0. The van der Waals surface area contributed by atoms with E-state index in [1.54, 1.807) is 0 Å². The zero-order chi connectivity index (χ0) is 59.8. The zero-order valence-corrected chi connectivity index (χ0v) is 53.6. The summed E-state index contributed by atoms with van der Waals surface area (Å²) in [5, 5.41) is 9.87. The van der Waals surface area contributed by atoms with Gasteiger partial charge in [-0.05, 0) is 96.3 Å². The van der Waals surface area contributed by atoms with Crippen molar-refractivity contribution in [2.24, 2.45) is 0 Å². The number of rotatable bonds is 62. The Labute approximate surface area is 502 Å². The Hall–Kier alpha value is -3.34. The molecule has 11 nitrogen and oxygen atoms in total. The lowest BCUT2D eigenvalue weighted by Gasteiger charge is -2.21. The number of hydrogen-bond acceptors (Lipinski definition) is 10. The van der Waals surface area contributed by atoms with Crippen molar-refractivity contribution in [3.05, 3.63) is 85.1 Å². The molecular formula is C70H123O11P. The Kier molecular flexibility index (Phi) is 61.1. The highest BCUT2D eigenvalue weighted by Gasteiger charge is 2.28. The van der Waals surface area contributed by atoms with Crippen molar-refractivity contribution in [2.75, 3.05) is 26.4 Å². The van der Waals surface area contributed by atoms with Crippen LogP contribution in [0.1, 0.15) is 303 Å². The van der Waals surface area contributed by atoms with Crippen molar-refractivity contribution in [1.29, 1.82) is 0 Å². The fraction of sp³-hybridized carbons (Fsp3) is 0.757. The fourth-order valence-electron chi connectivity index (χ4n) is 9.24. The molecular weight excluding hydrogens is 1050 g/mol. The first-order chi connectivity index (χ1) is 40.2. The van der Waals surface area contributed by atoms with Crippen LogP contribution in [-0.4, -0.2) is 66.5 Å². The normalized spacial score (nSPS) is 13.8. The Bertz CT molecular complexity index is 1700. The topological polar surface area (TPSA) is 155 Å². The van der Waals surface area contributed by atoms with Crippen molar-refractivity contribution < 1.29 is 52.2 Å². The van der Waals surface area contributed by atoms with Gasteiger partial charge in [0.2, 0.25) is 0 Å². The van der Waals surface area contributed by atoms with E-state index in [1.807, 2.05) is 0 Å². The van der Waals surface area contributed by atoms with Crippen LogP contribution in [0.4, 0.5) is 0 Å². The van der Waals surface area contributed by atoms with Crippen molar-refractivity contribution in [1.82, 2.24) is 0 Å². The molecule has 0 rings (SSSR count). The second-order valence-corrected chi connectivity index (χ2v) is 23.7. The van der Waals surface area contributed by atoms with E-state index in [1.165, 1.54) is 109 Å². The molecule has 0 spiro atoms. The van der Waals surface area contributed by atoms with E-state index in [0.717, 1.165) is 135 Å². The quantitative estimate of drug-likeness (QED) is 0.0197. The van der Waals surface area contributed by atoms with E-state index in [9.17, 15) is 28.9 Å². The van der Waals surface area contributed by atoms with Gasteiger partial charge < -0.3 is 24.2 Å². The second-order valence-electron chi connectivity index (χ2n) is 22.3. The summed E-state index contributed by atoms with van der Waals surface area (Å²) in [5.74, 6) is -1.48. The number of carbonyl (C=O) groups is 3. The molecule has 0 fully saturated rings. The Balaban J connectivity index is 4.73. The third kappa shape index (κ3) is 61.2. The molecule has 2 N–H and O–H groups in total. The van der Waals surface area contributed by atoms with Crippen LogP contribution in [0.2, 0.25) is 0 Å². The minimum absolute atomic E-state index is 0.148. The van der Waals surface area contributed by atoms with Gasteiger partial charge in [-0.2, -0.15) is 0 Å². The van der Waals surface area contributed by atoms with Crippen LogP contribution < -0.4 is 0 Å². The molecule has 0 saturated heterocycles. The van der Waals surface area contributed by atoms with Crippen LogP contribution in [-0.2, 0) is 42.2 Å². The molecule has 3 unspecified atom stereocenters. The molecule has 0 amide bonds. The summed E-state index contributed by atoms with van der Waals surface area (Å²) in [6, 6.07) is 0. The van der Waals surface area contributed by atoms with Crippen LogP contribution >= 0.6 is 7.82 Å². The SMILES string of the molecule is CC/C=C\C/C=C\C/C=C\C/C=C\CCCCCCCCC(=O)OCC(COP(=O)(O)OCC(CO)OC(=O)CCCCCCCCCCCCCCCCCCC)OC(=O)CCCCCCCC/C=C\C/C=C\C/C=C\CCCCC. The highest BCUT2D eigenvalue weighted by atomic mass is 31.2. The van der Waals surface area contributed by atoms with E-state index >= 15 is 0 Å². The third-order valence-corrected chi connectivity index (χ3v) is 15.3. The second kappa shape index (κ2) is 63.7. The first-order valence-corrected chi connectivity index (χ1v) is 35.0. The van der Waals surface area contributed by atoms with Crippen LogP contribution in [0, 0.1) is 0 Å². The molecule has 0 aliphatic heterocycles. The maximum atomic E-state index is 13.0. The van der Waals surface area contributed by atoms with Gasteiger partial charge in [0.25, 0.3) is 0 Å². The summed E-state index contributed by atoms with van der Waals surface area (Å²) in [4.78, 5) is 48.8. The number of ether oxygens (including phenoxy) is 3. The highest BCUT2D eigenvalue weighted by Crippen LogP contribution is 2.43. The third-order valence-electron chi connectivity index (χ3n) is 14.3. The summed E-state index contributed by atoms with van der Waals surface area (Å²) in [5.41, 5.74) is 0. The minimum Gasteiger partial charge on any atom is -0.462 e. The number of phosphoric ester groups is 1. The number of carbonyl (C=O) groups excluding carboxylic acids is 3. The molecule has 0 heterocycles. The Morgan fingerprint density at radius 1 is 0.354 bits per heavy atom. The van der Waals surface area contributed by atoms with E-state index in [2.05, 4.69) is 106 Å². The van der Waals surface area contributed by atoms with Crippen LogP contribution in [0.25, 0.3) is 0 Å². The molecule has 0 aliphatic carbocycles. The van der Waals surface area contributed by atoms with Gasteiger partial charge in [0.1, 0.15) is 12.7 Å². The lowest BCUT2D eigenvalue weighted by atomic mass is 10.0. The number of hydrogen-bond donors (Lipinski definition) is 2. The van der Waals surface area contributed by atoms with Crippen LogP contribution in [0.15, 0.2) is 85.1 Å². The minimum atomic E-state index is -4.76. The van der Waals surface area contributed by atoms with Gasteiger partial charge in [-0.25, -0.2) is 4.57 Å². The summed E-state index contributed by atoms with van der Waals surface area (Å²) in [6.07, 6.45) is 75.2. The van der Waals surface area contributed by atoms with Crippen LogP contribution in [0.5, 0.6) is 0 Å². The van der Waals surface area contributed by atoms with E-state index in [-0.39, 0.29) is 25.9 Å². The van der Waals surface area contributed by atoms with E-state index in [0.29, 0.717) is 19.3 Å². The number of phosphoric acid groups is 1. The predicted octanol–water partition coefficient (Wildman–Crippen LogP) is 20.6. The first kappa shape index (κ1) is 78.7. The Morgan fingerprint density at radius 2 is 0.634 bits per heavy atom. The van der Waals surface area contributed by atoms with Crippen molar-refractivity contribution in [3.8, 4) is 0 Å². The number of allylic oxidation sites excluding steroid dienone is 14. The average Bonchev–Trinajstić information content (AvgIpc) is 3.47. The van der Waals surface area contributed by atoms with Gasteiger partial charge in [0, 0.05) is 19.3 Å². The number of aliphatic hydroxyl groups is 1. The molecule has 474 valence electrons. The van der Waals surface area contributed by atoms with E-state index < -0.39 is 57.8 Å². The Morgan fingerprint density at radius 3 is 1.00 bits per heavy atom. The zero-order valence-electron chi connectivity index (χ0n) is 52.7.